The van der Waals surface area contributed by atoms with E-state index in [1.54, 1.807) is 6.07 Å². The third kappa shape index (κ3) is 3.39. The quantitative estimate of drug-likeness (QED) is 0.832. The van der Waals surface area contributed by atoms with Crippen LogP contribution in [0.3, 0.4) is 0 Å². The van der Waals surface area contributed by atoms with E-state index in [4.69, 9.17) is 4.74 Å². The monoisotopic (exact) mass is 328 g/mol. The van der Waals surface area contributed by atoms with Crippen molar-refractivity contribution in [2.24, 2.45) is 0 Å². The van der Waals surface area contributed by atoms with E-state index in [-0.39, 0.29) is 5.56 Å². The zero-order valence-corrected chi connectivity index (χ0v) is 12.9. The Morgan fingerprint density at radius 1 is 1.09 bits per heavy atom. The highest BCUT2D eigenvalue weighted by atomic mass is 32.2. The van der Waals surface area contributed by atoms with Crippen molar-refractivity contribution in [3.63, 3.8) is 0 Å². The van der Waals surface area contributed by atoms with E-state index in [9.17, 15) is 18.3 Å². The van der Waals surface area contributed by atoms with E-state index in [1.807, 2.05) is 18.4 Å². The van der Waals surface area contributed by atoms with Crippen molar-refractivity contribution in [3.8, 4) is 16.9 Å². The van der Waals surface area contributed by atoms with Crippen molar-refractivity contribution in [2.45, 2.75) is 17.7 Å². The molecule has 118 valence electrons. The molecule has 2 aromatic rings. The first-order chi connectivity index (χ1) is 10.4. The summed E-state index contributed by atoms with van der Waals surface area (Å²) in [5.41, 5.74) is 0.627. The normalized spacial score (nSPS) is 11.5. The van der Waals surface area contributed by atoms with Crippen LogP contribution in [0.1, 0.15) is 11.1 Å². The van der Waals surface area contributed by atoms with Crippen LogP contribution in [0.2, 0.25) is 0 Å². The summed E-state index contributed by atoms with van der Waals surface area (Å²) in [7, 11) is 1.50. The molecule has 0 unspecified atom stereocenters. The van der Waals surface area contributed by atoms with Gasteiger partial charge in [-0.05, 0) is 47.7 Å². The Bertz CT molecular complexity index is 669. The van der Waals surface area contributed by atoms with Gasteiger partial charge in [-0.3, -0.25) is 0 Å². The average Bonchev–Trinajstić information content (AvgIpc) is 2.52. The molecule has 0 aliphatic carbocycles. The smallest absolute Gasteiger partial charge is 0.416 e. The molecule has 0 fully saturated rings. The van der Waals surface area contributed by atoms with Crippen molar-refractivity contribution < 1.29 is 23.0 Å². The number of hydrogen-bond acceptors (Lipinski definition) is 3. The van der Waals surface area contributed by atoms with Gasteiger partial charge in [-0.2, -0.15) is 13.2 Å². The molecule has 2 rings (SSSR count). The fourth-order valence-corrected chi connectivity index (χ4v) is 2.63. The standard InChI is InChI=1S/C16H15F3O2S/c1-21-15-6-4-12(22-2)8-14(15)13-5-3-11(16(17,18)19)7-10(13)9-20/h3-8,20H,9H2,1-2H3. The Balaban J connectivity index is 2.62. The minimum Gasteiger partial charge on any atom is -0.496 e. The SMILES string of the molecule is COc1ccc(SC)cc1-c1ccc(C(F)(F)F)cc1CO. The molecule has 0 atom stereocenters. The topological polar surface area (TPSA) is 29.5 Å². The van der Waals surface area contributed by atoms with Crippen molar-refractivity contribution in [1.82, 2.24) is 0 Å². The first-order valence-electron chi connectivity index (χ1n) is 6.44. The molecule has 0 aliphatic rings. The lowest BCUT2D eigenvalue weighted by Gasteiger charge is -2.15. The zero-order chi connectivity index (χ0) is 16.3. The van der Waals surface area contributed by atoms with Gasteiger partial charge in [-0.25, -0.2) is 0 Å². The minimum absolute atomic E-state index is 0.214. The van der Waals surface area contributed by atoms with Crippen LogP contribution in [-0.2, 0) is 12.8 Å². The highest BCUT2D eigenvalue weighted by Gasteiger charge is 2.31. The maximum atomic E-state index is 12.8. The summed E-state index contributed by atoms with van der Waals surface area (Å²) in [6.45, 7) is -0.480. The molecule has 0 heterocycles. The fourth-order valence-electron chi connectivity index (χ4n) is 2.19. The number of ether oxygens (including phenoxy) is 1. The molecular weight excluding hydrogens is 313 g/mol. The summed E-state index contributed by atoms with van der Waals surface area (Å²) < 4.78 is 43.7. The maximum Gasteiger partial charge on any atom is 0.416 e. The van der Waals surface area contributed by atoms with E-state index in [2.05, 4.69) is 0 Å². The molecular formula is C16H15F3O2S. The second kappa shape index (κ2) is 6.62. The van der Waals surface area contributed by atoms with Crippen LogP contribution in [0.4, 0.5) is 13.2 Å². The lowest BCUT2D eigenvalue weighted by Crippen LogP contribution is -2.06. The van der Waals surface area contributed by atoms with E-state index >= 15 is 0 Å². The van der Waals surface area contributed by atoms with Gasteiger partial charge in [-0.1, -0.05) is 6.07 Å². The fraction of sp³-hybridized carbons (Fsp3) is 0.250. The predicted octanol–water partition coefficient (Wildman–Crippen LogP) is 4.60. The molecule has 0 saturated carbocycles. The van der Waals surface area contributed by atoms with Crippen LogP contribution in [0, 0.1) is 0 Å². The Morgan fingerprint density at radius 3 is 2.36 bits per heavy atom. The molecule has 0 bridgehead atoms. The summed E-state index contributed by atoms with van der Waals surface area (Å²) in [5.74, 6) is 0.548. The number of aliphatic hydroxyl groups is 1. The largest absolute Gasteiger partial charge is 0.496 e. The third-order valence-electron chi connectivity index (χ3n) is 3.30. The Kier molecular flexibility index (Phi) is 5.03. The maximum absolute atomic E-state index is 12.8. The number of benzene rings is 2. The molecule has 0 aromatic heterocycles. The van der Waals surface area contributed by atoms with Gasteiger partial charge in [0, 0.05) is 10.5 Å². The summed E-state index contributed by atoms with van der Waals surface area (Å²) in [6, 6.07) is 8.83. The predicted molar refractivity (Wildman–Crippen MR) is 81.1 cm³/mol. The molecule has 2 nitrogen and oxygen atoms in total. The molecule has 1 N–H and O–H groups in total. The van der Waals surface area contributed by atoms with Gasteiger partial charge in [0.1, 0.15) is 5.75 Å². The number of thioether (sulfide) groups is 1. The summed E-state index contributed by atoms with van der Waals surface area (Å²) >= 11 is 1.52. The van der Waals surface area contributed by atoms with E-state index in [0.717, 1.165) is 17.0 Å². The molecule has 0 amide bonds. The van der Waals surface area contributed by atoms with Gasteiger partial charge in [0.05, 0.1) is 19.3 Å². The van der Waals surface area contributed by atoms with Crippen molar-refractivity contribution >= 4 is 11.8 Å². The Morgan fingerprint density at radius 2 is 1.82 bits per heavy atom. The molecule has 22 heavy (non-hydrogen) atoms. The molecule has 0 radical (unpaired) electrons. The number of aliphatic hydroxyl groups excluding tert-OH is 1. The summed E-state index contributed by atoms with van der Waals surface area (Å²) in [4.78, 5) is 0.958. The van der Waals surface area contributed by atoms with Gasteiger partial charge < -0.3 is 9.84 Å². The highest BCUT2D eigenvalue weighted by Crippen LogP contribution is 2.38. The first-order valence-corrected chi connectivity index (χ1v) is 7.66. The molecule has 0 aliphatic heterocycles. The van der Waals surface area contributed by atoms with Gasteiger partial charge in [0.25, 0.3) is 0 Å². The van der Waals surface area contributed by atoms with Crippen molar-refractivity contribution in [1.29, 1.82) is 0 Å². The number of halogens is 3. The van der Waals surface area contributed by atoms with Crippen molar-refractivity contribution in [3.05, 3.63) is 47.5 Å². The number of alkyl halides is 3. The number of rotatable bonds is 4. The first kappa shape index (κ1) is 16.7. The average molecular weight is 328 g/mol. The van der Waals surface area contributed by atoms with Crippen LogP contribution in [0.5, 0.6) is 5.75 Å². The minimum atomic E-state index is -4.44. The third-order valence-corrected chi connectivity index (χ3v) is 4.03. The summed E-state index contributed by atoms with van der Waals surface area (Å²) in [6.07, 6.45) is -2.53. The zero-order valence-electron chi connectivity index (χ0n) is 12.1. The van der Waals surface area contributed by atoms with Crippen molar-refractivity contribution in [2.75, 3.05) is 13.4 Å². The van der Waals surface area contributed by atoms with Gasteiger partial charge in [0.15, 0.2) is 0 Å². The molecule has 6 heteroatoms. The second-order valence-corrected chi connectivity index (χ2v) is 5.47. The Labute approximate surface area is 130 Å². The van der Waals surface area contributed by atoms with Gasteiger partial charge >= 0.3 is 6.18 Å². The highest BCUT2D eigenvalue weighted by molar-refractivity contribution is 7.98. The van der Waals surface area contributed by atoms with Gasteiger partial charge in [0.2, 0.25) is 0 Å². The Hall–Kier alpha value is -1.66. The van der Waals surface area contributed by atoms with E-state index in [1.165, 1.54) is 24.9 Å². The number of hydrogen-bond donors (Lipinski definition) is 1. The van der Waals surface area contributed by atoms with Crippen LogP contribution < -0.4 is 4.74 Å². The van der Waals surface area contributed by atoms with Gasteiger partial charge in [-0.15, -0.1) is 11.8 Å². The molecule has 2 aromatic carbocycles. The molecule has 0 spiro atoms. The van der Waals surface area contributed by atoms with Crippen LogP contribution in [0.25, 0.3) is 11.1 Å². The lowest BCUT2D eigenvalue weighted by atomic mass is 9.97. The second-order valence-electron chi connectivity index (χ2n) is 4.59. The lowest BCUT2D eigenvalue weighted by molar-refractivity contribution is -0.137. The van der Waals surface area contributed by atoms with E-state index in [0.29, 0.717) is 16.9 Å². The molecule has 0 saturated heterocycles. The van der Waals surface area contributed by atoms with Crippen LogP contribution >= 0.6 is 11.8 Å². The van der Waals surface area contributed by atoms with E-state index < -0.39 is 18.3 Å². The van der Waals surface area contributed by atoms with Crippen LogP contribution in [0.15, 0.2) is 41.3 Å². The summed E-state index contributed by atoms with van der Waals surface area (Å²) in [5, 5.41) is 9.45. The van der Waals surface area contributed by atoms with Crippen LogP contribution in [-0.4, -0.2) is 18.5 Å². The number of methoxy groups -OCH3 is 1.